The van der Waals surface area contributed by atoms with Crippen molar-refractivity contribution in [1.29, 1.82) is 0 Å². The normalized spacial score (nSPS) is 26.8. The molecule has 2 aliphatic rings. The average molecular weight is 350 g/mol. The Morgan fingerprint density at radius 2 is 2.12 bits per heavy atom. The Morgan fingerprint density at radius 3 is 2.83 bits per heavy atom. The van der Waals surface area contributed by atoms with Gasteiger partial charge in [0.1, 0.15) is 0 Å². The van der Waals surface area contributed by atoms with Crippen molar-refractivity contribution < 1.29 is 8.62 Å². The third-order valence-electron chi connectivity index (χ3n) is 5.79. The maximum atomic E-state index is 12.5. The number of hydrogen-bond donors (Lipinski definition) is 0. The van der Waals surface area contributed by atoms with Gasteiger partial charge in [-0.05, 0) is 55.4 Å². The van der Waals surface area contributed by atoms with Gasteiger partial charge in [0.05, 0.1) is 6.10 Å². The van der Waals surface area contributed by atoms with E-state index < -0.39 is 0 Å². The van der Waals surface area contributed by atoms with Crippen molar-refractivity contribution in [1.82, 2.24) is 4.90 Å². The highest BCUT2D eigenvalue weighted by Gasteiger charge is 2.39. The van der Waals surface area contributed by atoms with Crippen LogP contribution in [0.1, 0.15) is 41.1 Å². The first-order chi connectivity index (χ1) is 11.5. The van der Waals surface area contributed by atoms with Crippen molar-refractivity contribution in [2.75, 3.05) is 26.0 Å². The lowest BCUT2D eigenvalue weighted by Crippen LogP contribution is -2.48. The van der Waals surface area contributed by atoms with Gasteiger partial charge in [0, 0.05) is 50.1 Å². The number of halogens is 1. The second kappa shape index (κ2) is 7.59. The first-order valence-electron chi connectivity index (χ1n) is 8.80. The van der Waals surface area contributed by atoms with Crippen molar-refractivity contribution in [3.05, 3.63) is 46.5 Å². The summed E-state index contributed by atoms with van der Waals surface area (Å²) in [6, 6.07) is 5.21. The molecule has 1 aromatic carbocycles. The van der Waals surface area contributed by atoms with Crippen molar-refractivity contribution in [2.24, 2.45) is 5.92 Å². The van der Waals surface area contributed by atoms with Crippen LogP contribution in [0, 0.1) is 19.8 Å². The van der Waals surface area contributed by atoms with Gasteiger partial charge < -0.3 is 4.74 Å². The third kappa shape index (κ3) is 3.56. The van der Waals surface area contributed by atoms with Gasteiger partial charge in [-0.25, -0.2) is 0 Å². The number of fused-ring (bicyclic) bond motifs is 3. The van der Waals surface area contributed by atoms with E-state index in [2.05, 4.69) is 37.5 Å². The van der Waals surface area contributed by atoms with Gasteiger partial charge in [-0.3, -0.25) is 4.90 Å². The van der Waals surface area contributed by atoms with Gasteiger partial charge in [-0.1, -0.05) is 24.3 Å². The molecule has 1 aromatic rings. The molecule has 0 aliphatic carbocycles. The first-order valence-corrected chi connectivity index (χ1v) is 9.69. The summed E-state index contributed by atoms with van der Waals surface area (Å²) >= 11 is 0.370. The number of hydrogen-bond acceptors (Lipinski definition) is 3. The van der Waals surface area contributed by atoms with Crippen LogP contribution in [0.2, 0.25) is 0 Å². The van der Waals surface area contributed by atoms with E-state index in [0.717, 1.165) is 37.9 Å². The fraction of sp³-hybridized carbons (Fsp3) is 0.600. The zero-order valence-corrected chi connectivity index (χ0v) is 15.8. The van der Waals surface area contributed by atoms with E-state index in [0.29, 0.717) is 29.9 Å². The molecule has 4 heteroatoms. The van der Waals surface area contributed by atoms with E-state index in [4.69, 9.17) is 4.74 Å². The van der Waals surface area contributed by atoms with Crippen molar-refractivity contribution in [3.8, 4) is 0 Å². The highest BCUT2D eigenvalue weighted by Crippen LogP contribution is 2.41. The van der Waals surface area contributed by atoms with Crippen LogP contribution in [-0.2, 0) is 11.2 Å². The molecule has 2 aliphatic heterocycles. The molecular weight excluding hydrogens is 321 g/mol. The van der Waals surface area contributed by atoms with Crippen LogP contribution in [0.25, 0.3) is 0 Å². The van der Waals surface area contributed by atoms with E-state index in [-0.39, 0.29) is 6.10 Å². The monoisotopic (exact) mass is 349 g/mol. The smallest absolute Gasteiger partial charge is 0.0633 e. The van der Waals surface area contributed by atoms with Crippen LogP contribution in [0.5, 0.6) is 0 Å². The standard InChI is InChI=1S/C20H28FNOS/c1-13(12-24-21)7-17-11-22-6-5-16-8-14(2)15(3)9-18(16)19(22)10-20(17)23-4/h8-9,17,19-20H,1,5-7,10-12H2,2-4H3/t17-,19-,20-/m0/s1. The molecule has 0 unspecified atom stereocenters. The van der Waals surface area contributed by atoms with Gasteiger partial charge in [0.15, 0.2) is 0 Å². The summed E-state index contributed by atoms with van der Waals surface area (Å²) in [6.45, 7) is 10.6. The summed E-state index contributed by atoms with van der Waals surface area (Å²) in [5.41, 5.74) is 6.74. The van der Waals surface area contributed by atoms with Crippen molar-refractivity contribution >= 4 is 12.1 Å². The Kier molecular flexibility index (Phi) is 5.68. The number of piperidine rings is 1. The van der Waals surface area contributed by atoms with Crippen LogP contribution in [-0.4, -0.2) is 37.0 Å². The lowest BCUT2D eigenvalue weighted by atomic mass is 9.79. The van der Waals surface area contributed by atoms with Crippen LogP contribution in [0.15, 0.2) is 24.3 Å². The molecule has 0 bridgehead atoms. The van der Waals surface area contributed by atoms with E-state index in [9.17, 15) is 3.89 Å². The van der Waals surface area contributed by atoms with Crippen LogP contribution in [0.3, 0.4) is 0 Å². The average Bonchev–Trinajstić information content (AvgIpc) is 2.55. The molecule has 0 saturated carbocycles. The maximum absolute atomic E-state index is 12.5. The largest absolute Gasteiger partial charge is 0.381 e. The van der Waals surface area contributed by atoms with Gasteiger partial charge in [-0.2, -0.15) is 3.89 Å². The minimum Gasteiger partial charge on any atom is -0.381 e. The minimum atomic E-state index is 0.222. The highest BCUT2D eigenvalue weighted by atomic mass is 32.2. The topological polar surface area (TPSA) is 12.5 Å². The number of rotatable bonds is 5. The fourth-order valence-electron chi connectivity index (χ4n) is 4.36. The number of benzene rings is 1. The lowest BCUT2D eigenvalue weighted by Gasteiger charge is -2.47. The third-order valence-corrected chi connectivity index (χ3v) is 6.30. The molecular formula is C20H28FNOS. The molecule has 0 N–H and O–H groups in total. The van der Waals surface area contributed by atoms with E-state index >= 15 is 0 Å². The maximum Gasteiger partial charge on any atom is 0.0633 e. The molecule has 1 fully saturated rings. The van der Waals surface area contributed by atoms with Crippen LogP contribution >= 0.6 is 12.1 Å². The number of nitrogens with zero attached hydrogens (tertiary/aromatic N) is 1. The summed E-state index contributed by atoms with van der Waals surface area (Å²) in [7, 11) is 1.81. The lowest BCUT2D eigenvalue weighted by molar-refractivity contribution is -0.0367. The zero-order valence-electron chi connectivity index (χ0n) is 15.0. The molecule has 0 radical (unpaired) electrons. The molecule has 24 heavy (non-hydrogen) atoms. The molecule has 3 rings (SSSR count). The van der Waals surface area contributed by atoms with Crippen LogP contribution in [0.4, 0.5) is 3.89 Å². The predicted molar refractivity (Wildman–Crippen MR) is 100 cm³/mol. The summed E-state index contributed by atoms with van der Waals surface area (Å²) < 4.78 is 18.3. The van der Waals surface area contributed by atoms with Crippen LogP contribution < -0.4 is 0 Å². The fourth-order valence-corrected chi connectivity index (χ4v) is 4.63. The molecule has 0 spiro atoms. The SMILES string of the molecule is C=C(CSF)C[C@H]1CN2CCc3cc(C)c(C)cc3[C@@H]2C[C@@H]1OC. The summed E-state index contributed by atoms with van der Waals surface area (Å²) in [6.07, 6.45) is 3.23. The van der Waals surface area contributed by atoms with E-state index in [1.54, 1.807) is 0 Å². The minimum absolute atomic E-state index is 0.222. The van der Waals surface area contributed by atoms with Crippen molar-refractivity contribution in [3.63, 3.8) is 0 Å². The quantitative estimate of drug-likeness (QED) is 0.709. The Balaban J connectivity index is 1.80. The Bertz CT molecular complexity index is 618. The molecule has 0 amide bonds. The molecule has 2 nitrogen and oxygen atoms in total. The van der Waals surface area contributed by atoms with E-state index in [1.165, 1.54) is 22.3 Å². The Morgan fingerprint density at radius 1 is 1.38 bits per heavy atom. The molecule has 3 atom stereocenters. The van der Waals surface area contributed by atoms with Gasteiger partial charge in [0.25, 0.3) is 0 Å². The number of methoxy groups -OCH3 is 1. The van der Waals surface area contributed by atoms with Gasteiger partial charge in [-0.15, -0.1) is 0 Å². The predicted octanol–water partition coefficient (Wildman–Crippen LogP) is 4.80. The molecule has 132 valence electrons. The number of aryl methyl sites for hydroxylation is 2. The van der Waals surface area contributed by atoms with Gasteiger partial charge in [0.2, 0.25) is 0 Å². The highest BCUT2D eigenvalue weighted by molar-refractivity contribution is 7.94. The Labute approximate surface area is 149 Å². The molecule has 0 aromatic heterocycles. The van der Waals surface area contributed by atoms with E-state index in [1.807, 2.05) is 7.11 Å². The number of ether oxygens (including phenoxy) is 1. The molecule has 2 heterocycles. The second-order valence-corrected chi connectivity index (χ2v) is 7.88. The van der Waals surface area contributed by atoms with Gasteiger partial charge >= 0.3 is 0 Å². The summed E-state index contributed by atoms with van der Waals surface area (Å²) in [5, 5.41) is 0. The van der Waals surface area contributed by atoms with Crippen molar-refractivity contribution in [2.45, 2.75) is 45.3 Å². The Hall–Kier alpha value is -0.840. The zero-order chi connectivity index (χ0) is 17.3. The summed E-state index contributed by atoms with van der Waals surface area (Å²) in [4.78, 5) is 2.60. The second-order valence-electron chi connectivity index (χ2n) is 7.37. The summed E-state index contributed by atoms with van der Waals surface area (Å²) in [5.74, 6) is 0.816. The molecule has 1 saturated heterocycles. The first kappa shape index (κ1) is 18.0.